The minimum Gasteiger partial charge on any atom is -0.483 e. The van der Waals surface area contributed by atoms with Gasteiger partial charge in [0, 0.05) is 37.1 Å². The Labute approximate surface area is 257 Å². The van der Waals surface area contributed by atoms with Gasteiger partial charge in [-0.1, -0.05) is 84.9 Å². The molecule has 1 saturated heterocycles. The largest absolute Gasteiger partial charge is 0.483 e. The smallest absolute Gasteiger partial charge is 0.317 e. The summed E-state index contributed by atoms with van der Waals surface area (Å²) in [6, 6.07) is 32.3. The molecular formula is C37H47N3O3. The van der Waals surface area contributed by atoms with E-state index in [4.69, 9.17) is 9.90 Å². The molecule has 2 atom stereocenters. The van der Waals surface area contributed by atoms with Gasteiger partial charge in [-0.3, -0.25) is 9.69 Å². The Balaban J connectivity index is 0.00000118. The highest BCUT2D eigenvalue weighted by Gasteiger charge is 2.43. The molecule has 6 nitrogen and oxygen atoms in total. The van der Waals surface area contributed by atoms with Crippen LogP contribution in [-0.2, 0) is 4.79 Å². The fourth-order valence-corrected chi connectivity index (χ4v) is 7.74. The van der Waals surface area contributed by atoms with Crippen LogP contribution in [0.1, 0.15) is 98.5 Å². The number of hydrogen-bond acceptors (Lipinski definition) is 3. The Hall–Kier alpha value is -3.64. The van der Waals surface area contributed by atoms with Gasteiger partial charge in [-0.15, -0.1) is 0 Å². The Morgan fingerprint density at radius 1 is 0.860 bits per heavy atom. The van der Waals surface area contributed by atoms with E-state index in [9.17, 15) is 4.79 Å². The molecule has 2 unspecified atom stereocenters. The molecule has 0 aromatic heterocycles. The monoisotopic (exact) mass is 581 g/mol. The van der Waals surface area contributed by atoms with Crippen molar-refractivity contribution in [2.75, 3.05) is 19.6 Å². The maximum Gasteiger partial charge on any atom is 0.317 e. The zero-order valence-electron chi connectivity index (χ0n) is 25.5. The van der Waals surface area contributed by atoms with Gasteiger partial charge in [-0.25, -0.2) is 4.79 Å². The Bertz CT molecular complexity index is 1220. The molecule has 3 aromatic carbocycles. The lowest BCUT2D eigenvalue weighted by Gasteiger charge is -2.33. The van der Waals surface area contributed by atoms with Gasteiger partial charge in [0.1, 0.15) is 0 Å². The van der Waals surface area contributed by atoms with Gasteiger partial charge >= 0.3 is 6.03 Å². The number of benzene rings is 3. The standard InChI is InChI=1S/C36H45N3O.CH2O2/c1-2-38(25-24-31(28-11-5-3-6-12-28)29-13-7-4-8-14-29)36(40)37-30-19-17-27(18-20-30)23-26-39-34-21-22-35(39)33-16-10-9-15-32(33)34;2-1-3/h3-16,27,30-31,34-35H,2,17-26H2,1H3,(H,37,40);1H,(H,2,3). The lowest BCUT2D eigenvalue weighted by atomic mass is 9.84. The average Bonchev–Trinajstić information content (AvgIpc) is 3.60. The van der Waals surface area contributed by atoms with Crippen molar-refractivity contribution in [3.8, 4) is 0 Å². The predicted molar refractivity (Wildman–Crippen MR) is 172 cm³/mol. The minimum absolute atomic E-state index is 0.109. The van der Waals surface area contributed by atoms with Crippen molar-refractivity contribution in [3.63, 3.8) is 0 Å². The van der Waals surface area contributed by atoms with Crippen LogP contribution in [0, 0.1) is 5.92 Å². The number of fused-ring (bicyclic) bond motifs is 5. The van der Waals surface area contributed by atoms with Gasteiger partial charge in [0.05, 0.1) is 0 Å². The Morgan fingerprint density at radius 2 is 1.37 bits per heavy atom. The second-order valence-electron chi connectivity index (χ2n) is 12.3. The maximum absolute atomic E-state index is 13.3. The normalized spacial score (nSPS) is 22.4. The van der Waals surface area contributed by atoms with Gasteiger partial charge in [-0.2, -0.15) is 0 Å². The van der Waals surface area contributed by atoms with Crippen molar-refractivity contribution < 1.29 is 14.7 Å². The highest BCUT2D eigenvalue weighted by Crippen LogP contribution is 2.53. The molecule has 2 fully saturated rings. The van der Waals surface area contributed by atoms with Gasteiger partial charge in [0.2, 0.25) is 0 Å². The zero-order chi connectivity index (χ0) is 30.0. The second-order valence-corrected chi connectivity index (χ2v) is 12.3. The van der Waals surface area contributed by atoms with E-state index in [1.165, 1.54) is 49.8 Å². The molecule has 3 aliphatic rings. The summed E-state index contributed by atoms with van der Waals surface area (Å²) in [5.74, 6) is 1.08. The highest BCUT2D eigenvalue weighted by molar-refractivity contribution is 5.74. The van der Waals surface area contributed by atoms with Crippen LogP contribution in [0.5, 0.6) is 0 Å². The van der Waals surface area contributed by atoms with Crippen LogP contribution in [0.2, 0.25) is 0 Å². The first-order valence-corrected chi connectivity index (χ1v) is 16.2. The summed E-state index contributed by atoms with van der Waals surface area (Å²) in [4.78, 5) is 26.5. The third-order valence-corrected chi connectivity index (χ3v) is 9.96. The fourth-order valence-electron chi connectivity index (χ4n) is 7.74. The molecule has 1 aliphatic carbocycles. The molecular weight excluding hydrogens is 534 g/mol. The van der Waals surface area contributed by atoms with Crippen molar-refractivity contribution in [2.24, 2.45) is 5.92 Å². The molecule has 6 rings (SSSR count). The third kappa shape index (κ3) is 7.48. The van der Waals surface area contributed by atoms with Crippen molar-refractivity contribution in [3.05, 3.63) is 107 Å². The quantitative estimate of drug-likeness (QED) is 0.240. The number of carbonyl (C=O) groups is 2. The van der Waals surface area contributed by atoms with E-state index >= 15 is 0 Å². The van der Waals surface area contributed by atoms with Crippen LogP contribution in [0.15, 0.2) is 84.9 Å². The van der Waals surface area contributed by atoms with E-state index in [0.717, 1.165) is 38.3 Å². The number of nitrogens with zero attached hydrogens (tertiary/aromatic N) is 2. The van der Waals surface area contributed by atoms with E-state index in [-0.39, 0.29) is 12.5 Å². The van der Waals surface area contributed by atoms with Crippen LogP contribution < -0.4 is 5.32 Å². The van der Waals surface area contributed by atoms with E-state index in [0.29, 0.717) is 24.0 Å². The fraction of sp³-hybridized carbons (Fsp3) is 0.459. The van der Waals surface area contributed by atoms with Crippen molar-refractivity contribution in [1.82, 2.24) is 15.1 Å². The summed E-state index contributed by atoms with van der Waals surface area (Å²) >= 11 is 0. The van der Waals surface area contributed by atoms with Crippen LogP contribution in [0.25, 0.3) is 0 Å². The molecule has 228 valence electrons. The molecule has 3 aromatic rings. The highest BCUT2D eigenvalue weighted by atomic mass is 16.3. The number of nitrogens with one attached hydrogen (secondary N) is 1. The van der Waals surface area contributed by atoms with E-state index < -0.39 is 0 Å². The van der Waals surface area contributed by atoms with Crippen LogP contribution in [-0.4, -0.2) is 53.1 Å². The molecule has 2 amide bonds. The molecule has 0 radical (unpaired) electrons. The first kappa shape index (κ1) is 30.8. The third-order valence-electron chi connectivity index (χ3n) is 9.96. The number of rotatable bonds is 10. The molecule has 43 heavy (non-hydrogen) atoms. The zero-order valence-corrected chi connectivity index (χ0v) is 25.5. The van der Waals surface area contributed by atoms with Crippen LogP contribution in [0.3, 0.4) is 0 Å². The maximum atomic E-state index is 13.3. The number of carboxylic acid groups (broad SMARTS) is 1. The van der Waals surface area contributed by atoms with Crippen molar-refractivity contribution in [1.29, 1.82) is 0 Å². The Morgan fingerprint density at radius 3 is 1.88 bits per heavy atom. The summed E-state index contributed by atoms with van der Waals surface area (Å²) in [6.45, 7) is 4.56. The molecule has 2 bridgehead atoms. The molecule has 1 saturated carbocycles. The summed E-state index contributed by atoms with van der Waals surface area (Å²) in [6.07, 6.45) is 9.55. The molecule has 2 heterocycles. The first-order valence-electron chi connectivity index (χ1n) is 16.2. The number of amides is 2. The molecule has 6 heteroatoms. The van der Waals surface area contributed by atoms with Crippen molar-refractivity contribution in [2.45, 2.75) is 82.3 Å². The minimum atomic E-state index is -0.250. The van der Waals surface area contributed by atoms with Gasteiger partial charge in [-0.05, 0) is 93.0 Å². The van der Waals surface area contributed by atoms with E-state index in [1.54, 1.807) is 11.1 Å². The lowest BCUT2D eigenvalue weighted by Crippen LogP contribution is -2.46. The SMILES string of the molecule is CCN(CCC(c1ccccc1)c1ccccc1)C(=O)NC1CCC(CCN2C3CCC2c2ccccc23)CC1.O=CO. The lowest BCUT2D eigenvalue weighted by molar-refractivity contribution is -0.122. The number of hydrogen-bond donors (Lipinski definition) is 2. The summed E-state index contributed by atoms with van der Waals surface area (Å²) in [5, 5.41) is 10.3. The summed E-state index contributed by atoms with van der Waals surface area (Å²) in [7, 11) is 0. The predicted octanol–water partition coefficient (Wildman–Crippen LogP) is 7.78. The van der Waals surface area contributed by atoms with Crippen molar-refractivity contribution >= 4 is 12.5 Å². The van der Waals surface area contributed by atoms with E-state index in [2.05, 4.69) is 102 Å². The van der Waals surface area contributed by atoms with Gasteiger partial charge in [0.25, 0.3) is 6.47 Å². The van der Waals surface area contributed by atoms with Gasteiger partial charge in [0.15, 0.2) is 0 Å². The Kier molecular flexibility index (Phi) is 10.9. The summed E-state index contributed by atoms with van der Waals surface area (Å²) in [5.41, 5.74) is 5.80. The first-order chi connectivity index (χ1) is 21.1. The molecule has 0 spiro atoms. The number of urea groups is 1. The summed E-state index contributed by atoms with van der Waals surface area (Å²) < 4.78 is 0. The second kappa shape index (κ2) is 15.2. The van der Waals surface area contributed by atoms with Crippen LogP contribution in [0.4, 0.5) is 4.79 Å². The number of carbonyl (C=O) groups excluding carboxylic acids is 1. The topological polar surface area (TPSA) is 72.9 Å². The van der Waals surface area contributed by atoms with Crippen LogP contribution >= 0.6 is 0 Å². The van der Waals surface area contributed by atoms with Gasteiger partial charge < -0.3 is 15.3 Å². The molecule has 2 N–H and O–H groups in total. The molecule has 2 aliphatic heterocycles. The average molecular weight is 582 g/mol. The van der Waals surface area contributed by atoms with E-state index in [1.807, 2.05) is 4.90 Å².